The fourth-order valence-electron chi connectivity index (χ4n) is 5.27. The van der Waals surface area contributed by atoms with Crippen LogP contribution in [0.5, 0.6) is 0 Å². The van der Waals surface area contributed by atoms with E-state index in [0.717, 1.165) is 45.3 Å². The minimum atomic E-state index is -0.315. The number of hydrogen-bond donors (Lipinski definition) is 1. The van der Waals surface area contributed by atoms with Crippen molar-refractivity contribution in [1.82, 2.24) is 5.32 Å². The molecule has 0 saturated carbocycles. The van der Waals surface area contributed by atoms with Gasteiger partial charge in [-0.3, -0.25) is 0 Å². The molecule has 2 unspecified atom stereocenters. The summed E-state index contributed by atoms with van der Waals surface area (Å²) in [5, 5.41) is 3.26. The van der Waals surface area contributed by atoms with Crippen LogP contribution < -0.4 is 5.32 Å². The third-order valence-electron chi connectivity index (χ3n) is 7.67. The highest BCUT2D eigenvalue weighted by Crippen LogP contribution is 2.35. The van der Waals surface area contributed by atoms with Gasteiger partial charge in [0.25, 0.3) is 0 Å². The molecule has 0 amide bonds. The Labute approximate surface area is 238 Å². The lowest BCUT2D eigenvalue weighted by Crippen LogP contribution is -2.31. The van der Waals surface area contributed by atoms with Crippen LogP contribution in [0.15, 0.2) is 24.3 Å². The van der Waals surface area contributed by atoms with Crippen molar-refractivity contribution in [3.05, 3.63) is 24.3 Å². The van der Waals surface area contributed by atoms with Crippen LogP contribution >= 0.6 is 0 Å². The highest BCUT2D eigenvalue weighted by Gasteiger charge is 2.40. The molecule has 1 saturated heterocycles. The molecule has 0 aliphatic carbocycles. The van der Waals surface area contributed by atoms with Gasteiger partial charge >= 0.3 is 0 Å². The highest BCUT2D eigenvalue weighted by atomic mass is 16.7. The highest BCUT2D eigenvalue weighted by molar-refractivity contribution is 4.94. The molecule has 38 heavy (non-hydrogen) atoms. The summed E-state index contributed by atoms with van der Waals surface area (Å²) in [5.41, 5.74) is 0. The smallest absolute Gasteiger partial charge is 0.168 e. The van der Waals surface area contributed by atoms with E-state index in [1.807, 2.05) is 14.0 Å². The van der Waals surface area contributed by atoms with Gasteiger partial charge in [-0.25, -0.2) is 0 Å². The van der Waals surface area contributed by atoms with Crippen LogP contribution in [-0.2, 0) is 9.47 Å². The molecule has 220 valence electrons. The summed E-state index contributed by atoms with van der Waals surface area (Å²) in [6.45, 7) is 5.96. The van der Waals surface area contributed by atoms with Crippen molar-refractivity contribution in [3.63, 3.8) is 0 Å². The second-order valence-corrected chi connectivity index (χ2v) is 11.2. The van der Waals surface area contributed by atoms with Gasteiger partial charge in [0, 0.05) is 19.3 Å². The molecule has 0 bridgehead atoms. The number of unbranched alkanes of at least 4 members (excludes halogenated alkanes) is 15. The predicted octanol–water partition coefficient (Wildman–Crippen LogP) is 10.1. The maximum atomic E-state index is 6.56. The first kappa shape index (κ1) is 34.9. The van der Waals surface area contributed by atoms with Crippen LogP contribution in [0.1, 0.15) is 155 Å². The maximum absolute atomic E-state index is 6.56. The average molecular weight is 530 g/mol. The van der Waals surface area contributed by atoms with Crippen molar-refractivity contribution in [2.75, 3.05) is 20.2 Å². The Kier molecular flexibility index (Phi) is 24.1. The maximum Gasteiger partial charge on any atom is 0.168 e. The molecule has 1 N–H and O–H groups in total. The zero-order valence-electron chi connectivity index (χ0n) is 25.7. The largest absolute Gasteiger partial charge is 0.347 e. The summed E-state index contributed by atoms with van der Waals surface area (Å²) in [5.74, 6) is 5.85. The molecule has 1 fully saturated rings. The van der Waals surface area contributed by atoms with Gasteiger partial charge in [-0.2, -0.15) is 0 Å². The molecule has 0 aromatic rings. The number of hydrogen-bond acceptors (Lipinski definition) is 3. The van der Waals surface area contributed by atoms with Crippen molar-refractivity contribution >= 4 is 0 Å². The van der Waals surface area contributed by atoms with E-state index < -0.39 is 0 Å². The zero-order chi connectivity index (χ0) is 27.4. The lowest BCUT2D eigenvalue weighted by molar-refractivity contribution is -0.179. The Morgan fingerprint density at radius 3 is 1.95 bits per heavy atom. The summed E-state index contributed by atoms with van der Waals surface area (Å²) in [6.07, 6.45) is 37.1. The molecule has 3 heteroatoms. The van der Waals surface area contributed by atoms with E-state index in [1.165, 1.54) is 109 Å². The molecular formula is C35H63NO2. The second-order valence-electron chi connectivity index (χ2n) is 11.2. The van der Waals surface area contributed by atoms with E-state index >= 15 is 0 Å². The molecule has 0 aromatic carbocycles. The number of rotatable bonds is 26. The van der Waals surface area contributed by atoms with Crippen molar-refractivity contribution in [2.45, 2.75) is 167 Å². The lowest BCUT2D eigenvalue weighted by Gasteiger charge is -2.28. The van der Waals surface area contributed by atoms with E-state index in [9.17, 15) is 0 Å². The van der Waals surface area contributed by atoms with Crippen LogP contribution in [0.2, 0.25) is 0 Å². The van der Waals surface area contributed by atoms with Crippen molar-refractivity contribution in [3.8, 4) is 11.8 Å². The van der Waals surface area contributed by atoms with Gasteiger partial charge in [0.2, 0.25) is 0 Å². The van der Waals surface area contributed by atoms with Gasteiger partial charge < -0.3 is 14.8 Å². The molecule has 0 radical (unpaired) electrons. The first-order chi connectivity index (χ1) is 18.8. The van der Waals surface area contributed by atoms with Crippen LogP contribution in [0.3, 0.4) is 0 Å². The van der Waals surface area contributed by atoms with Gasteiger partial charge in [-0.15, -0.1) is 11.8 Å². The lowest BCUT2D eigenvalue weighted by atomic mass is 9.98. The Hall–Kier alpha value is -1.08. The van der Waals surface area contributed by atoms with E-state index in [0.29, 0.717) is 0 Å². The Bertz CT molecular complexity index is 632. The second kappa shape index (κ2) is 26.2. The molecular weight excluding hydrogens is 466 g/mol. The van der Waals surface area contributed by atoms with Crippen molar-refractivity contribution in [1.29, 1.82) is 0 Å². The van der Waals surface area contributed by atoms with Gasteiger partial charge in [0.05, 0.1) is 12.7 Å². The first-order valence-electron chi connectivity index (χ1n) is 16.4. The molecule has 1 rings (SSSR count). The monoisotopic (exact) mass is 529 g/mol. The fourth-order valence-corrected chi connectivity index (χ4v) is 5.27. The standard InChI is InChI=1S/C35H63NO2/c1-4-6-8-10-12-14-15-16-17-18-19-20-22-24-26-28-31-35(37-33-34(38-35)29-32-36-3)30-27-25-23-21-13-11-9-7-5-2/h12,14,16-17,34,36H,4,6,8-11,13,15,18-33H2,1-3H3/b14-12-,17-16-. The fraction of sp³-hybridized carbons (Fsp3) is 0.829. The summed E-state index contributed by atoms with van der Waals surface area (Å²) in [6, 6.07) is 0. The van der Waals surface area contributed by atoms with E-state index in [2.05, 4.69) is 48.4 Å². The van der Waals surface area contributed by atoms with Gasteiger partial charge in [0.15, 0.2) is 5.79 Å². The number of allylic oxidation sites excluding steroid dienone is 4. The molecule has 1 heterocycles. The molecule has 1 aliphatic heterocycles. The molecule has 1 aliphatic rings. The number of nitrogens with one attached hydrogen (secondary N) is 1. The summed E-state index contributed by atoms with van der Waals surface area (Å²) in [4.78, 5) is 0. The topological polar surface area (TPSA) is 30.5 Å². The Morgan fingerprint density at radius 1 is 0.763 bits per heavy atom. The normalized spacial score (nSPS) is 19.5. The Morgan fingerprint density at radius 2 is 1.34 bits per heavy atom. The van der Waals surface area contributed by atoms with Gasteiger partial charge in [0.1, 0.15) is 0 Å². The van der Waals surface area contributed by atoms with E-state index in [4.69, 9.17) is 9.47 Å². The van der Waals surface area contributed by atoms with E-state index in [-0.39, 0.29) is 11.9 Å². The molecule has 2 atom stereocenters. The quantitative estimate of drug-likeness (QED) is 0.0687. The van der Waals surface area contributed by atoms with Crippen LogP contribution in [0.4, 0.5) is 0 Å². The zero-order valence-corrected chi connectivity index (χ0v) is 25.7. The predicted molar refractivity (Wildman–Crippen MR) is 166 cm³/mol. The Balaban J connectivity index is 2.14. The first-order valence-corrected chi connectivity index (χ1v) is 16.4. The molecule has 0 spiro atoms. The third-order valence-corrected chi connectivity index (χ3v) is 7.67. The van der Waals surface area contributed by atoms with Crippen molar-refractivity contribution < 1.29 is 9.47 Å². The summed E-state index contributed by atoms with van der Waals surface area (Å²) < 4.78 is 12.9. The van der Waals surface area contributed by atoms with Crippen molar-refractivity contribution in [2.24, 2.45) is 0 Å². The minimum absolute atomic E-state index is 0.256. The van der Waals surface area contributed by atoms with Crippen LogP contribution in [0.25, 0.3) is 0 Å². The summed E-state index contributed by atoms with van der Waals surface area (Å²) in [7, 11) is 2.02. The SMILES string of the molecule is CC#CCCCCCCCCC1(CCCCCCCC/C=C\C/C=C\CCCCC)OCC(CCNC)O1. The van der Waals surface area contributed by atoms with Gasteiger partial charge in [-0.1, -0.05) is 95.4 Å². The minimum Gasteiger partial charge on any atom is -0.347 e. The van der Waals surface area contributed by atoms with Gasteiger partial charge in [-0.05, 0) is 78.3 Å². The molecule has 0 aromatic heterocycles. The number of ether oxygens (including phenoxy) is 2. The van der Waals surface area contributed by atoms with Crippen LogP contribution in [0, 0.1) is 11.8 Å². The molecule has 3 nitrogen and oxygen atoms in total. The average Bonchev–Trinajstić information content (AvgIpc) is 3.33. The van der Waals surface area contributed by atoms with E-state index in [1.54, 1.807) is 0 Å². The van der Waals surface area contributed by atoms with Crippen LogP contribution in [-0.4, -0.2) is 32.1 Å². The summed E-state index contributed by atoms with van der Waals surface area (Å²) >= 11 is 0. The third kappa shape index (κ3) is 19.9.